The molecule has 0 N–H and O–H groups in total. The van der Waals surface area contributed by atoms with Gasteiger partial charge in [-0.3, -0.25) is 29.4 Å². The molecule has 1 heterocycles. The fraction of sp³-hybridized carbons (Fsp3) is 0.389. The lowest BCUT2D eigenvalue weighted by molar-refractivity contribution is -0.385. The minimum absolute atomic E-state index is 0.0284. The van der Waals surface area contributed by atoms with Gasteiger partial charge in [0.15, 0.2) is 0 Å². The molecule has 2 atom stereocenters. The second-order valence-electron chi connectivity index (χ2n) is 6.55. The third-order valence-electron chi connectivity index (χ3n) is 4.91. The van der Waals surface area contributed by atoms with Crippen molar-refractivity contribution >= 4 is 23.4 Å². The van der Waals surface area contributed by atoms with Crippen LogP contribution < -0.4 is 0 Å². The Labute approximate surface area is 150 Å². The van der Waals surface area contributed by atoms with Crippen LogP contribution in [0.5, 0.6) is 0 Å². The zero-order chi connectivity index (χ0) is 18.8. The Morgan fingerprint density at radius 3 is 2.35 bits per heavy atom. The largest absolute Gasteiger partial charge is 0.340 e. The van der Waals surface area contributed by atoms with Crippen molar-refractivity contribution in [1.82, 2.24) is 9.80 Å². The molecule has 8 nitrogen and oxygen atoms in total. The number of likely N-dealkylation sites (tertiary alicyclic amines) is 1. The highest BCUT2D eigenvalue weighted by molar-refractivity contribution is 6.07. The Balaban J connectivity index is 1.68. The quantitative estimate of drug-likeness (QED) is 0.344. The molecule has 8 heteroatoms. The van der Waals surface area contributed by atoms with Crippen LogP contribution in [0.2, 0.25) is 0 Å². The molecule has 26 heavy (non-hydrogen) atoms. The van der Waals surface area contributed by atoms with E-state index in [0.29, 0.717) is 18.4 Å². The predicted molar refractivity (Wildman–Crippen MR) is 91.6 cm³/mol. The van der Waals surface area contributed by atoms with E-state index in [1.807, 2.05) is 12.2 Å². The van der Waals surface area contributed by atoms with E-state index in [9.17, 15) is 24.5 Å². The zero-order valence-electron chi connectivity index (χ0n) is 14.3. The van der Waals surface area contributed by atoms with Gasteiger partial charge in [0.25, 0.3) is 5.69 Å². The summed E-state index contributed by atoms with van der Waals surface area (Å²) in [6, 6.07) is 6.17. The number of hydrogen-bond donors (Lipinski definition) is 0. The molecular weight excluding hydrogens is 338 g/mol. The van der Waals surface area contributed by atoms with Crippen LogP contribution in [0.25, 0.3) is 0 Å². The SMILES string of the molecule is CN(Cc1ccccc1[N+](=O)[O-])C(=O)CN1C(=O)C2CC=CCC2C1=O. The summed E-state index contributed by atoms with van der Waals surface area (Å²) >= 11 is 0. The summed E-state index contributed by atoms with van der Waals surface area (Å²) < 4.78 is 0. The van der Waals surface area contributed by atoms with E-state index in [1.165, 1.54) is 18.0 Å². The Morgan fingerprint density at radius 1 is 1.19 bits per heavy atom. The number of rotatable bonds is 5. The van der Waals surface area contributed by atoms with E-state index < -0.39 is 10.8 Å². The normalized spacial score (nSPS) is 21.7. The van der Waals surface area contributed by atoms with Gasteiger partial charge < -0.3 is 4.90 Å². The molecule has 3 amide bonds. The average molecular weight is 357 g/mol. The number of para-hydroxylation sites is 1. The van der Waals surface area contributed by atoms with Gasteiger partial charge in [-0.25, -0.2) is 0 Å². The molecule has 1 aromatic carbocycles. The summed E-state index contributed by atoms with van der Waals surface area (Å²) in [6.45, 7) is -0.303. The standard InChI is InChI=1S/C18H19N3O5/c1-19(10-12-6-2-5-9-15(12)21(25)26)16(22)11-20-17(23)13-7-3-4-8-14(13)18(20)24/h2-6,9,13-14H,7-8,10-11H2,1H3. The first-order valence-corrected chi connectivity index (χ1v) is 8.36. The van der Waals surface area contributed by atoms with Crippen LogP contribution >= 0.6 is 0 Å². The highest BCUT2D eigenvalue weighted by Crippen LogP contribution is 2.34. The number of hydrogen-bond acceptors (Lipinski definition) is 5. The van der Waals surface area contributed by atoms with Gasteiger partial charge >= 0.3 is 0 Å². The minimum Gasteiger partial charge on any atom is -0.340 e. The van der Waals surface area contributed by atoms with Crippen LogP contribution in [-0.4, -0.2) is 46.0 Å². The number of benzene rings is 1. The summed E-state index contributed by atoms with van der Waals surface area (Å²) in [4.78, 5) is 50.2. The van der Waals surface area contributed by atoms with Gasteiger partial charge in [-0.1, -0.05) is 30.4 Å². The van der Waals surface area contributed by atoms with Crippen LogP contribution in [0, 0.1) is 22.0 Å². The number of nitro groups is 1. The Kier molecular flexibility index (Phi) is 4.83. The van der Waals surface area contributed by atoms with Gasteiger partial charge in [0.1, 0.15) is 6.54 Å². The zero-order valence-corrected chi connectivity index (χ0v) is 14.3. The van der Waals surface area contributed by atoms with Crippen LogP contribution in [0.1, 0.15) is 18.4 Å². The van der Waals surface area contributed by atoms with Gasteiger partial charge in [0.2, 0.25) is 17.7 Å². The minimum atomic E-state index is -0.501. The van der Waals surface area contributed by atoms with Crippen LogP contribution in [0.15, 0.2) is 36.4 Å². The fourth-order valence-electron chi connectivity index (χ4n) is 3.45. The first kappa shape index (κ1) is 17.8. The summed E-state index contributed by atoms with van der Waals surface area (Å²) in [5.41, 5.74) is 0.322. The van der Waals surface area contributed by atoms with E-state index in [1.54, 1.807) is 18.2 Å². The number of carbonyl (C=O) groups excluding carboxylic acids is 3. The molecule has 1 aliphatic heterocycles. The van der Waals surface area contributed by atoms with Crippen molar-refractivity contribution in [3.63, 3.8) is 0 Å². The smallest absolute Gasteiger partial charge is 0.274 e. The molecular formula is C18H19N3O5. The molecule has 1 fully saturated rings. The predicted octanol–water partition coefficient (Wildman–Crippen LogP) is 1.50. The molecule has 2 aliphatic rings. The summed E-state index contributed by atoms with van der Waals surface area (Å²) in [5, 5.41) is 11.1. The van der Waals surface area contributed by atoms with Gasteiger partial charge in [-0.2, -0.15) is 0 Å². The van der Waals surface area contributed by atoms with Crippen molar-refractivity contribution in [2.75, 3.05) is 13.6 Å². The van der Waals surface area contributed by atoms with E-state index >= 15 is 0 Å². The van der Waals surface area contributed by atoms with Crippen molar-refractivity contribution in [3.8, 4) is 0 Å². The Morgan fingerprint density at radius 2 is 1.77 bits per heavy atom. The number of imide groups is 1. The van der Waals surface area contributed by atoms with E-state index in [4.69, 9.17) is 0 Å². The van der Waals surface area contributed by atoms with Crippen molar-refractivity contribution in [1.29, 1.82) is 0 Å². The molecule has 0 saturated carbocycles. The molecule has 0 spiro atoms. The van der Waals surface area contributed by atoms with Gasteiger partial charge in [0.05, 0.1) is 23.3 Å². The second kappa shape index (κ2) is 7.07. The Hall–Kier alpha value is -3.03. The molecule has 2 unspecified atom stereocenters. The molecule has 0 aromatic heterocycles. The lowest BCUT2D eigenvalue weighted by atomic mass is 9.85. The second-order valence-corrected chi connectivity index (χ2v) is 6.55. The maximum absolute atomic E-state index is 12.5. The maximum Gasteiger partial charge on any atom is 0.274 e. The van der Waals surface area contributed by atoms with E-state index in [0.717, 1.165) is 4.90 Å². The molecule has 0 bridgehead atoms. The molecule has 136 valence electrons. The van der Waals surface area contributed by atoms with E-state index in [2.05, 4.69) is 0 Å². The van der Waals surface area contributed by atoms with Crippen LogP contribution in [0.4, 0.5) is 5.69 Å². The topological polar surface area (TPSA) is 101 Å². The summed E-state index contributed by atoms with van der Waals surface area (Å²) in [6.07, 6.45) is 4.81. The highest BCUT2D eigenvalue weighted by Gasteiger charge is 2.47. The molecule has 1 aliphatic carbocycles. The first-order chi connectivity index (χ1) is 12.4. The third-order valence-corrected chi connectivity index (χ3v) is 4.91. The number of nitrogens with zero attached hydrogens (tertiary/aromatic N) is 3. The average Bonchev–Trinajstić information content (AvgIpc) is 2.87. The lowest BCUT2D eigenvalue weighted by Gasteiger charge is -2.21. The van der Waals surface area contributed by atoms with Crippen molar-refractivity contribution in [2.24, 2.45) is 11.8 Å². The number of amides is 3. The lowest BCUT2D eigenvalue weighted by Crippen LogP contribution is -2.41. The maximum atomic E-state index is 12.5. The highest BCUT2D eigenvalue weighted by atomic mass is 16.6. The number of likely N-dealkylation sites (N-methyl/N-ethyl adjacent to an activating group) is 1. The molecule has 0 radical (unpaired) electrons. The number of carbonyl (C=O) groups is 3. The van der Waals surface area contributed by atoms with Crippen molar-refractivity contribution in [2.45, 2.75) is 19.4 Å². The number of nitro benzene ring substituents is 1. The fourth-order valence-corrected chi connectivity index (χ4v) is 3.45. The van der Waals surface area contributed by atoms with Gasteiger partial charge in [-0.15, -0.1) is 0 Å². The summed E-state index contributed by atoms with van der Waals surface area (Å²) in [7, 11) is 1.50. The van der Waals surface area contributed by atoms with Crippen LogP contribution in [-0.2, 0) is 20.9 Å². The first-order valence-electron chi connectivity index (χ1n) is 8.36. The van der Waals surface area contributed by atoms with Crippen molar-refractivity contribution < 1.29 is 19.3 Å². The van der Waals surface area contributed by atoms with E-state index in [-0.39, 0.29) is 42.4 Å². The number of allylic oxidation sites excluding steroid dienone is 2. The molecule has 1 saturated heterocycles. The molecule has 3 rings (SSSR count). The monoisotopic (exact) mass is 357 g/mol. The Bertz CT molecular complexity index is 778. The molecule has 1 aromatic rings. The number of fused-ring (bicyclic) bond motifs is 1. The van der Waals surface area contributed by atoms with Gasteiger partial charge in [-0.05, 0) is 12.8 Å². The summed E-state index contributed by atoms with van der Waals surface area (Å²) in [5.74, 6) is -1.80. The van der Waals surface area contributed by atoms with Crippen molar-refractivity contribution in [3.05, 3.63) is 52.1 Å². The van der Waals surface area contributed by atoms with Gasteiger partial charge in [0, 0.05) is 18.7 Å². The third kappa shape index (κ3) is 3.22. The van der Waals surface area contributed by atoms with Crippen LogP contribution in [0.3, 0.4) is 0 Å².